The van der Waals surface area contributed by atoms with Gasteiger partial charge in [-0.1, -0.05) is 6.07 Å². The molecule has 1 fully saturated rings. The number of piperazine rings is 1. The van der Waals surface area contributed by atoms with Crippen LogP contribution in [0.25, 0.3) is 0 Å². The van der Waals surface area contributed by atoms with Crippen LogP contribution in [0.4, 0.5) is 10.2 Å². The molecule has 3 rings (SSSR count). The maximum Gasteiger partial charge on any atom is 0.231 e. The summed E-state index contributed by atoms with van der Waals surface area (Å²) in [6, 6.07) is 5.99. The highest BCUT2D eigenvalue weighted by Gasteiger charge is 2.19. The van der Waals surface area contributed by atoms with Crippen LogP contribution in [0.1, 0.15) is 5.56 Å². The minimum atomic E-state index is -0.550. The standard InChI is InChI=1S/C17H21FN4O2/c1-23-14-4-3-13(9-15(14)24-2)12-21-5-7-22(8-6-21)17-11-19-16(18)10-20-17/h3-4,9-11H,5-8,12H2,1-2H3. The van der Waals surface area contributed by atoms with E-state index in [2.05, 4.69) is 25.8 Å². The number of methoxy groups -OCH3 is 2. The molecule has 7 heteroatoms. The Hall–Kier alpha value is -2.41. The van der Waals surface area contributed by atoms with Crippen molar-refractivity contribution in [3.05, 3.63) is 42.1 Å². The zero-order chi connectivity index (χ0) is 16.9. The lowest BCUT2D eigenvalue weighted by molar-refractivity contribution is 0.248. The fourth-order valence-corrected chi connectivity index (χ4v) is 2.84. The zero-order valence-corrected chi connectivity index (χ0v) is 13.9. The normalized spacial score (nSPS) is 15.4. The molecule has 24 heavy (non-hydrogen) atoms. The smallest absolute Gasteiger partial charge is 0.231 e. The van der Waals surface area contributed by atoms with Crippen molar-refractivity contribution in [3.63, 3.8) is 0 Å². The molecular weight excluding hydrogens is 311 g/mol. The van der Waals surface area contributed by atoms with E-state index >= 15 is 0 Å². The summed E-state index contributed by atoms with van der Waals surface area (Å²) in [5.74, 6) is 1.66. The molecule has 128 valence electrons. The molecule has 6 nitrogen and oxygen atoms in total. The first kappa shape index (κ1) is 16.4. The average molecular weight is 332 g/mol. The van der Waals surface area contributed by atoms with Gasteiger partial charge in [-0.15, -0.1) is 0 Å². The van der Waals surface area contributed by atoms with Crippen LogP contribution in [0.15, 0.2) is 30.6 Å². The molecule has 0 atom stereocenters. The Balaban J connectivity index is 1.58. The fraction of sp³-hybridized carbons (Fsp3) is 0.412. The second-order valence-electron chi connectivity index (χ2n) is 5.65. The summed E-state index contributed by atoms with van der Waals surface area (Å²) in [5, 5.41) is 0. The third-order valence-electron chi connectivity index (χ3n) is 4.16. The van der Waals surface area contributed by atoms with Crippen molar-refractivity contribution in [2.75, 3.05) is 45.3 Å². The summed E-state index contributed by atoms with van der Waals surface area (Å²) in [6.07, 6.45) is 2.64. The number of nitrogens with zero attached hydrogens (tertiary/aromatic N) is 4. The van der Waals surface area contributed by atoms with E-state index in [9.17, 15) is 4.39 Å². The summed E-state index contributed by atoms with van der Waals surface area (Å²) in [6.45, 7) is 4.35. The van der Waals surface area contributed by atoms with Crippen LogP contribution in [0.2, 0.25) is 0 Å². The van der Waals surface area contributed by atoms with Gasteiger partial charge in [0.2, 0.25) is 5.95 Å². The van der Waals surface area contributed by atoms with Gasteiger partial charge in [0.25, 0.3) is 0 Å². The summed E-state index contributed by atoms with van der Waals surface area (Å²) in [4.78, 5) is 12.3. The Bertz CT molecular complexity index is 673. The van der Waals surface area contributed by atoms with Gasteiger partial charge in [-0.25, -0.2) is 9.97 Å². The van der Waals surface area contributed by atoms with Crippen LogP contribution in [-0.2, 0) is 6.54 Å². The minimum Gasteiger partial charge on any atom is -0.493 e. The molecule has 0 saturated carbocycles. The van der Waals surface area contributed by atoms with Crippen LogP contribution >= 0.6 is 0 Å². The number of hydrogen-bond donors (Lipinski definition) is 0. The number of rotatable bonds is 5. The predicted octanol–water partition coefficient (Wildman–Crippen LogP) is 1.96. The summed E-state index contributed by atoms with van der Waals surface area (Å²) in [5.41, 5.74) is 1.18. The lowest BCUT2D eigenvalue weighted by Crippen LogP contribution is -2.46. The molecule has 0 spiro atoms. The Morgan fingerprint density at radius 1 is 1.00 bits per heavy atom. The first-order valence-electron chi connectivity index (χ1n) is 7.85. The Kier molecular flexibility index (Phi) is 5.10. The monoisotopic (exact) mass is 332 g/mol. The highest BCUT2D eigenvalue weighted by molar-refractivity contribution is 5.43. The van der Waals surface area contributed by atoms with Crippen molar-refractivity contribution >= 4 is 5.82 Å². The lowest BCUT2D eigenvalue weighted by Gasteiger charge is -2.35. The van der Waals surface area contributed by atoms with Crippen LogP contribution in [0.3, 0.4) is 0 Å². The number of aromatic nitrogens is 2. The maximum absolute atomic E-state index is 12.9. The van der Waals surface area contributed by atoms with E-state index in [-0.39, 0.29) is 0 Å². The lowest BCUT2D eigenvalue weighted by atomic mass is 10.1. The number of ether oxygens (including phenoxy) is 2. The quantitative estimate of drug-likeness (QED) is 0.834. The van der Waals surface area contributed by atoms with Gasteiger partial charge in [0.05, 0.1) is 26.6 Å². The topological polar surface area (TPSA) is 50.7 Å². The third kappa shape index (κ3) is 3.73. The van der Waals surface area contributed by atoms with Crippen LogP contribution in [0, 0.1) is 5.95 Å². The number of halogens is 1. The summed E-state index contributed by atoms with van der Waals surface area (Å²) in [7, 11) is 3.28. The zero-order valence-electron chi connectivity index (χ0n) is 13.9. The maximum atomic E-state index is 12.9. The summed E-state index contributed by atoms with van der Waals surface area (Å²) >= 11 is 0. The minimum absolute atomic E-state index is 0.550. The van der Waals surface area contributed by atoms with E-state index < -0.39 is 5.95 Å². The van der Waals surface area contributed by atoms with E-state index in [0.29, 0.717) is 0 Å². The van der Waals surface area contributed by atoms with E-state index in [4.69, 9.17) is 9.47 Å². The molecule has 0 aliphatic carbocycles. The SMILES string of the molecule is COc1ccc(CN2CCN(c3cnc(F)cn3)CC2)cc1OC. The predicted molar refractivity (Wildman–Crippen MR) is 89.0 cm³/mol. The van der Waals surface area contributed by atoms with Crippen molar-refractivity contribution in [1.29, 1.82) is 0 Å². The molecule has 0 amide bonds. The fourth-order valence-electron chi connectivity index (χ4n) is 2.84. The van der Waals surface area contributed by atoms with Gasteiger partial charge >= 0.3 is 0 Å². The first-order valence-corrected chi connectivity index (χ1v) is 7.85. The average Bonchev–Trinajstić information content (AvgIpc) is 2.63. The number of anilines is 1. The molecule has 2 aromatic rings. The summed E-state index contributed by atoms with van der Waals surface area (Å²) < 4.78 is 23.5. The molecule has 2 heterocycles. The largest absolute Gasteiger partial charge is 0.493 e. The molecular formula is C17H21FN4O2. The highest BCUT2D eigenvalue weighted by Crippen LogP contribution is 2.28. The molecule has 1 saturated heterocycles. The van der Waals surface area contributed by atoms with Gasteiger partial charge in [0.15, 0.2) is 11.5 Å². The molecule has 0 unspecified atom stereocenters. The molecule has 0 N–H and O–H groups in total. The Labute approximate surface area is 140 Å². The van der Waals surface area contributed by atoms with Crippen LogP contribution < -0.4 is 14.4 Å². The first-order chi connectivity index (χ1) is 11.7. The van der Waals surface area contributed by atoms with Gasteiger partial charge < -0.3 is 14.4 Å². The van der Waals surface area contributed by atoms with Gasteiger partial charge in [0, 0.05) is 32.7 Å². The van der Waals surface area contributed by atoms with Gasteiger partial charge in [0.1, 0.15) is 5.82 Å². The molecule has 1 aromatic carbocycles. The Morgan fingerprint density at radius 2 is 1.75 bits per heavy atom. The van der Waals surface area contributed by atoms with E-state index in [1.54, 1.807) is 14.2 Å². The van der Waals surface area contributed by atoms with Crippen molar-refractivity contribution in [3.8, 4) is 11.5 Å². The van der Waals surface area contributed by atoms with Crippen LogP contribution in [-0.4, -0.2) is 55.3 Å². The molecule has 1 aliphatic rings. The third-order valence-corrected chi connectivity index (χ3v) is 4.16. The number of hydrogen-bond acceptors (Lipinski definition) is 6. The van der Waals surface area contributed by atoms with Crippen molar-refractivity contribution < 1.29 is 13.9 Å². The van der Waals surface area contributed by atoms with Gasteiger partial charge in [-0.2, -0.15) is 4.39 Å². The molecule has 1 aliphatic heterocycles. The van der Waals surface area contributed by atoms with E-state index in [1.165, 1.54) is 11.8 Å². The van der Waals surface area contributed by atoms with E-state index in [0.717, 1.165) is 56.2 Å². The van der Waals surface area contributed by atoms with Gasteiger partial charge in [-0.05, 0) is 17.7 Å². The van der Waals surface area contributed by atoms with Crippen molar-refractivity contribution in [2.45, 2.75) is 6.54 Å². The van der Waals surface area contributed by atoms with Crippen molar-refractivity contribution in [2.24, 2.45) is 0 Å². The number of benzene rings is 1. The van der Waals surface area contributed by atoms with Crippen molar-refractivity contribution in [1.82, 2.24) is 14.9 Å². The molecule has 1 aromatic heterocycles. The second kappa shape index (κ2) is 7.44. The van der Waals surface area contributed by atoms with E-state index in [1.807, 2.05) is 12.1 Å². The second-order valence-corrected chi connectivity index (χ2v) is 5.65. The Morgan fingerprint density at radius 3 is 2.38 bits per heavy atom. The molecule has 0 radical (unpaired) electrons. The molecule has 0 bridgehead atoms. The highest BCUT2D eigenvalue weighted by atomic mass is 19.1. The van der Waals surface area contributed by atoms with Gasteiger partial charge in [-0.3, -0.25) is 4.90 Å². The van der Waals surface area contributed by atoms with Crippen LogP contribution in [0.5, 0.6) is 11.5 Å².